The summed E-state index contributed by atoms with van der Waals surface area (Å²) >= 11 is 0. The number of benzene rings is 1. The van der Waals surface area contributed by atoms with Crippen LogP contribution in [0.4, 0.5) is 5.69 Å². The molecular formula is C13H18N2O2. The van der Waals surface area contributed by atoms with Crippen LogP contribution in [0.1, 0.15) is 33.3 Å². The van der Waals surface area contributed by atoms with Crippen LogP contribution in [-0.4, -0.2) is 11.5 Å². The Labute approximate surface area is 101 Å². The van der Waals surface area contributed by atoms with Gasteiger partial charge in [-0.25, -0.2) is 0 Å². The van der Waals surface area contributed by atoms with Gasteiger partial charge in [-0.15, -0.1) is 0 Å². The molecule has 0 radical (unpaired) electrons. The number of amides is 1. The van der Waals surface area contributed by atoms with Gasteiger partial charge in [-0.05, 0) is 45.4 Å². The number of hydrogen-bond acceptors (Lipinski definition) is 3. The lowest BCUT2D eigenvalue weighted by atomic mass is 9.94. The minimum Gasteiger partial charge on any atom is -0.476 e. The van der Waals surface area contributed by atoms with Gasteiger partial charge in [-0.1, -0.05) is 6.07 Å². The van der Waals surface area contributed by atoms with Crippen molar-refractivity contribution in [3.63, 3.8) is 0 Å². The molecule has 0 saturated heterocycles. The van der Waals surface area contributed by atoms with Crippen LogP contribution in [-0.2, 0) is 10.3 Å². The van der Waals surface area contributed by atoms with Gasteiger partial charge in [-0.2, -0.15) is 0 Å². The predicted molar refractivity (Wildman–Crippen MR) is 67.0 cm³/mol. The van der Waals surface area contributed by atoms with Gasteiger partial charge >= 0.3 is 0 Å². The maximum absolute atomic E-state index is 11.8. The third-order valence-corrected chi connectivity index (χ3v) is 2.88. The second kappa shape index (κ2) is 3.47. The summed E-state index contributed by atoms with van der Waals surface area (Å²) in [5.74, 6) is 0.541. The largest absolute Gasteiger partial charge is 0.476 e. The Morgan fingerprint density at radius 2 is 2.00 bits per heavy atom. The topological polar surface area (TPSA) is 64.3 Å². The molecule has 1 aliphatic rings. The van der Waals surface area contributed by atoms with E-state index in [9.17, 15) is 4.79 Å². The van der Waals surface area contributed by atoms with Crippen molar-refractivity contribution in [3.8, 4) is 5.75 Å². The zero-order valence-electron chi connectivity index (χ0n) is 10.6. The molecule has 3 N–H and O–H groups in total. The Morgan fingerprint density at radius 1 is 1.35 bits per heavy atom. The Kier molecular flexibility index (Phi) is 2.43. The Morgan fingerprint density at radius 3 is 2.59 bits per heavy atom. The summed E-state index contributed by atoms with van der Waals surface area (Å²) in [6.07, 6.45) is 0. The van der Waals surface area contributed by atoms with E-state index >= 15 is 0 Å². The minimum absolute atomic E-state index is 0.142. The maximum Gasteiger partial charge on any atom is 0.268 e. The van der Waals surface area contributed by atoms with Crippen molar-refractivity contribution in [1.82, 2.24) is 0 Å². The number of nitrogens with two attached hydrogens (primary N) is 1. The molecule has 0 saturated carbocycles. The van der Waals surface area contributed by atoms with Crippen molar-refractivity contribution >= 4 is 11.6 Å². The molecule has 4 heteroatoms. The van der Waals surface area contributed by atoms with Crippen LogP contribution in [0.5, 0.6) is 5.75 Å². The minimum atomic E-state index is -0.827. The van der Waals surface area contributed by atoms with E-state index < -0.39 is 11.1 Å². The van der Waals surface area contributed by atoms with E-state index in [4.69, 9.17) is 10.5 Å². The van der Waals surface area contributed by atoms with E-state index in [0.717, 1.165) is 5.56 Å². The van der Waals surface area contributed by atoms with E-state index in [0.29, 0.717) is 11.4 Å². The molecule has 0 unspecified atom stereocenters. The molecule has 0 bridgehead atoms. The van der Waals surface area contributed by atoms with E-state index in [1.54, 1.807) is 13.8 Å². The number of rotatable bonds is 1. The lowest BCUT2D eigenvalue weighted by Gasteiger charge is -2.32. The summed E-state index contributed by atoms with van der Waals surface area (Å²) in [6, 6.07) is 5.63. The number of fused-ring (bicyclic) bond motifs is 1. The summed E-state index contributed by atoms with van der Waals surface area (Å²) in [5.41, 5.74) is 6.40. The summed E-state index contributed by atoms with van der Waals surface area (Å²) in [5, 5.41) is 2.84. The van der Waals surface area contributed by atoms with Crippen molar-refractivity contribution < 1.29 is 9.53 Å². The van der Waals surface area contributed by atoms with Gasteiger partial charge in [0.15, 0.2) is 5.60 Å². The van der Waals surface area contributed by atoms with Gasteiger partial charge in [0.2, 0.25) is 0 Å². The molecule has 1 aromatic carbocycles. The van der Waals surface area contributed by atoms with Crippen LogP contribution in [0.25, 0.3) is 0 Å². The summed E-state index contributed by atoms with van der Waals surface area (Å²) in [6.45, 7) is 7.33. The first-order valence-electron chi connectivity index (χ1n) is 5.64. The molecule has 0 aliphatic carbocycles. The zero-order chi connectivity index (χ0) is 12.8. The second-order valence-electron chi connectivity index (χ2n) is 5.50. The normalized spacial score (nSPS) is 18.1. The predicted octanol–water partition coefficient (Wildman–Crippen LogP) is 1.99. The van der Waals surface area contributed by atoms with E-state index in [-0.39, 0.29) is 5.91 Å². The standard InChI is InChI=1S/C13H18N2O2/c1-12(2,14)8-5-6-10-9(7-8)15-11(16)13(3,4)17-10/h5-7H,14H2,1-4H3,(H,15,16). The Hall–Kier alpha value is -1.55. The summed E-state index contributed by atoms with van der Waals surface area (Å²) in [7, 11) is 0. The first-order valence-corrected chi connectivity index (χ1v) is 5.64. The SMILES string of the molecule is CC1(C)Oc2ccc(C(C)(C)N)cc2NC1=O. The summed E-state index contributed by atoms with van der Waals surface area (Å²) in [4.78, 5) is 11.8. The van der Waals surface area contributed by atoms with Crippen molar-refractivity contribution in [2.45, 2.75) is 38.8 Å². The quantitative estimate of drug-likeness (QED) is 0.781. The molecule has 1 aliphatic heterocycles. The number of carbonyl (C=O) groups is 1. The first-order chi connectivity index (χ1) is 7.70. The molecule has 0 fully saturated rings. The van der Waals surface area contributed by atoms with E-state index in [1.165, 1.54) is 0 Å². The zero-order valence-corrected chi connectivity index (χ0v) is 10.6. The molecular weight excluding hydrogens is 216 g/mol. The average Bonchev–Trinajstić information content (AvgIpc) is 2.17. The molecule has 0 spiro atoms. The second-order valence-corrected chi connectivity index (χ2v) is 5.50. The number of carbonyl (C=O) groups excluding carboxylic acids is 1. The monoisotopic (exact) mass is 234 g/mol. The molecule has 1 amide bonds. The van der Waals surface area contributed by atoms with Crippen LogP contribution >= 0.6 is 0 Å². The van der Waals surface area contributed by atoms with Crippen LogP contribution < -0.4 is 15.8 Å². The number of hydrogen-bond donors (Lipinski definition) is 2. The number of nitrogens with one attached hydrogen (secondary N) is 1. The fraction of sp³-hybridized carbons (Fsp3) is 0.462. The summed E-state index contributed by atoms with van der Waals surface area (Å²) < 4.78 is 5.65. The highest BCUT2D eigenvalue weighted by Crippen LogP contribution is 2.35. The molecule has 1 aromatic rings. The fourth-order valence-electron chi connectivity index (χ4n) is 1.71. The molecule has 92 valence electrons. The smallest absolute Gasteiger partial charge is 0.268 e. The fourth-order valence-corrected chi connectivity index (χ4v) is 1.71. The van der Waals surface area contributed by atoms with Crippen molar-refractivity contribution in [3.05, 3.63) is 23.8 Å². The van der Waals surface area contributed by atoms with Crippen molar-refractivity contribution in [2.75, 3.05) is 5.32 Å². The highest BCUT2D eigenvalue weighted by molar-refractivity contribution is 6.00. The van der Waals surface area contributed by atoms with Gasteiger partial charge in [0.25, 0.3) is 5.91 Å². The molecule has 2 rings (SSSR count). The third kappa shape index (κ3) is 2.13. The average molecular weight is 234 g/mol. The van der Waals surface area contributed by atoms with Crippen LogP contribution in [0.15, 0.2) is 18.2 Å². The van der Waals surface area contributed by atoms with Gasteiger partial charge in [0.05, 0.1) is 5.69 Å². The molecule has 4 nitrogen and oxygen atoms in total. The van der Waals surface area contributed by atoms with Gasteiger partial charge in [0, 0.05) is 5.54 Å². The third-order valence-electron chi connectivity index (χ3n) is 2.88. The highest BCUT2D eigenvalue weighted by Gasteiger charge is 2.35. The van der Waals surface area contributed by atoms with Crippen LogP contribution in [0, 0.1) is 0 Å². The molecule has 17 heavy (non-hydrogen) atoms. The van der Waals surface area contributed by atoms with Crippen LogP contribution in [0.2, 0.25) is 0 Å². The lowest BCUT2D eigenvalue weighted by Crippen LogP contribution is -2.45. The van der Waals surface area contributed by atoms with E-state index in [2.05, 4.69) is 5.32 Å². The lowest BCUT2D eigenvalue weighted by molar-refractivity contribution is -0.129. The van der Waals surface area contributed by atoms with Crippen molar-refractivity contribution in [2.24, 2.45) is 5.73 Å². The Bertz CT molecular complexity index is 473. The number of anilines is 1. The first kappa shape index (κ1) is 11.9. The number of ether oxygens (including phenoxy) is 1. The van der Waals surface area contributed by atoms with Gasteiger partial charge < -0.3 is 15.8 Å². The van der Waals surface area contributed by atoms with Crippen molar-refractivity contribution in [1.29, 1.82) is 0 Å². The molecule has 0 aromatic heterocycles. The highest BCUT2D eigenvalue weighted by atomic mass is 16.5. The molecule has 1 heterocycles. The van der Waals surface area contributed by atoms with Gasteiger partial charge in [-0.3, -0.25) is 4.79 Å². The van der Waals surface area contributed by atoms with E-state index in [1.807, 2.05) is 32.0 Å². The van der Waals surface area contributed by atoms with Crippen LogP contribution in [0.3, 0.4) is 0 Å². The Balaban J connectivity index is 2.43. The molecule has 0 atom stereocenters. The maximum atomic E-state index is 11.8. The van der Waals surface area contributed by atoms with Gasteiger partial charge in [0.1, 0.15) is 5.75 Å².